The lowest BCUT2D eigenvalue weighted by Crippen LogP contribution is -2.19. The molecule has 1 aromatic heterocycles. The second-order valence-electron chi connectivity index (χ2n) is 4.86. The Hall–Kier alpha value is -1.59. The minimum absolute atomic E-state index is 0.274. The number of aromatic nitrogens is 1. The second-order valence-corrected chi connectivity index (χ2v) is 4.86. The molecule has 0 aliphatic carbocycles. The lowest BCUT2D eigenvalue weighted by molar-refractivity contribution is 0.262. The molecule has 0 fully saturated rings. The number of nitrogen functional groups attached to an aromatic ring is 1. The quantitative estimate of drug-likeness (QED) is 0.590. The first-order chi connectivity index (χ1) is 9.19. The molecule has 19 heavy (non-hydrogen) atoms. The van der Waals surface area contributed by atoms with E-state index >= 15 is 0 Å². The summed E-state index contributed by atoms with van der Waals surface area (Å²) in [5.41, 5.74) is 7.98. The number of nitrogens with two attached hydrogens (primary N) is 1. The molecule has 0 aliphatic rings. The molecule has 0 aliphatic heterocycles. The SMILES string of the molecule is CN(CCCCCO)Cc1nc2ccc(N)cc2o1. The van der Waals surface area contributed by atoms with Gasteiger partial charge >= 0.3 is 0 Å². The second kappa shape index (κ2) is 6.54. The van der Waals surface area contributed by atoms with Crippen molar-refractivity contribution in [2.45, 2.75) is 25.8 Å². The van der Waals surface area contributed by atoms with Gasteiger partial charge in [0.15, 0.2) is 5.58 Å². The molecule has 0 bridgehead atoms. The van der Waals surface area contributed by atoms with Crippen LogP contribution in [0.2, 0.25) is 0 Å². The van der Waals surface area contributed by atoms with Crippen LogP contribution in [-0.4, -0.2) is 35.2 Å². The van der Waals surface area contributed by atoms with E-state index in [0.717, 1.165) is 36.9 Å². The first-order valence-corrected chi connectivity index (χ1v) is 6.63. The zero-order valence-corrected chi connectivity index (χ0v) is 11.3. The van der Waals surface area contributed by atoms with Crippen LogP contribution in [0.1, 0.15) is 25.2 Å². The maximum Gasteiger partial charge on any atom is 0.209 e. The van der Waals surface area contributed by atoms with E-state index in [1.54, 1.807) is 6.07 Å². The summed E-state index contributed by atoms with van der Waals surface area (Å²) in [6, 6.07) is 5.50. The van der Waals surface area contributed by atoms with E-state index in [4.69, 9.17) is 15.3 Å². The summed E-state index contributed by atoms with van der Waals surface area (Å²) in [4.78, 5) is 6.61. The molecular formula is C14H21N3O2. The van der Waals surface area contributed by atoms with E-state index in [0.29, 0.717) is 18.1 Å². The monoisotopic (exact) mass is 263 g/mol. The average molecular weight is 263 g/mol. The summed E-state index contributed by atoms with van der Waals surface area (Å²) in [6.07, 6.45) is 2.99. The summed E-state index contributed by atoms with van der Waals surface area (Å²) >= 11 is 0. The van der Waals surface area contributed by atoms with Gasteiger partial charge in [0.1, 0.15) is 5.52 Å². The highest BCUT2D eigenvalue weighted by Gasteiger charge is 2.08. The highest BCUT2D eigenvalue weighted by atomic mass is 16.3. The van der Waals surface area contributed by atoms with Gasteiger partial charge in [-0.15, -0.1) is 0 Å². The summed E-state index contributed by atoms with van der Waals surface area (Å²) in [5.74, 6) is 0.713. The van der Waals surface area contributed by atoms with Gasteiger partial charge in [0.25, 0.3) is 0 Å². The van der Waals surface area contributed by atoms with Gasteiger partial charge in [-0.25, -0.2) is 4.98 Å². The predicted molar refractivity (Wildman–Crippen MR) is 75.7 cm³/mol. The third-order valence-corrected chi connectivity index (χ3v) is 3.06. The topological polar surface area (TPSA) is 75.5 Å². The largest absolute Gasteiger partial charge is 0.439 e. The van der Waals surface area contributed by atoms with Crippen LogP contribution in [0.25, 0.3) is 11.1 Å². The standard InChI is InChI=1S/C14H21N3O2/c1-17(7-3-2-4-8-18)10-14-16-12-6-5-11(15)9-13(12)19-14/h5-6,9,18H,2-4,7-8,10,15H2,1H3. The first kappa shape index (κ1) is 13.8. The lowest BCUT2D eigenvalue weighted by Gasteiger charge is -2.13. The number of rotatable bonds is 7. The molecule has 0 spiro atoms. The maximum absolute atomic E-state index is 8.72. The van der Waals surface area contributed by atoms with Gasteiger partial charge in [-0.3, -0.25) is 4.90 Å². The molecule has 5 nitrogen and oxygen atoms in total. The third kappa shape index (κ3) is 3.94. The van der Waals surface area contributed by atoms with Gasteiger partial charge in [0.05, 0.1) is 6.54 Å². The molecule has 0 radical (unpaired) electrons. The average Bonchev–Trinajstić information content (AvgIpc) is 2.76. The van der Waals surface area contributed by atoms with Crippen LogP contribution in [0.4, 0.5) is 5.69 Å². The van der Waals surface area contributed by atoms with Gasteiger partial charge < -0.3 is 15.3 Å². The van der Waals surface area contributed by atoms with Crippen LogP contribution < -0.4 is 5.73 Å². The molecule has 3 N–H and O–H groups in total. The fraction of sp³-hybridized carbons (Fsp3) is 0.500. The number of oxazole rings is 1. The molecule has 104 valence electrons. The van der Waals surface area contributed by atoms with Crippen LogP contribution in [0, 0.1) is 0 Å². The Morgan fingerprint density at radius 2 is 2.16 bits per heavy atom. The predicted octanol–water partition coefficient (Wildman–Crippen LogP) is 2.00. The summed E-state index contributed by atoms with van der Waals surface area (Å²) in [5, 5.41) is 8.72. The van der Waals surface area contributed by atoms with Crippen molar-refractivity contribution in [3.05, 3.63) is 24.1 Å². The molecule has 1 heterocycles. The molecular weight excluding hydrogens is 242 g/mol. The number of hydrogen-bond donors (Lipinski definition) is 2. The van der Waals surface area contributed by atoms with Crippen LogP contribution >= 0.6 is 0 Å². The Morgan fingerprint density at radius 1 is 1.32 bits per heavy atom. The van der Waals surface area contributed by atoms with Crippen molar-refractivity contribution in [3.63, 3.8) is 0 Å². The number of unbranched alkanes of at least 4 members (excludes halogenated alkanes) is 2. The van der Waals surface area contributed by atoms with E-state index in [9.17, 15) is 0 Å². The van der Waals surface area contributed by atoms with E-state index in [2.05, 4.69) is 9.88 Å². The summed E-state index contributed by atoms with van der Waals surface area (Å²) < 4.78 is 5.67. The number of fused-ring (bicyclic) bond motifs is 1. The van der Waals surface area contributed by atoms with Crippen LogP contribution in [0.5, 0.6) is 0 Å². The molecule has 0 saturated carbocycles. The number of hydrogen-bond acceptors (Lipinski definition) is 5. The molecule has 0 amide bonds. The Labute approximate surface area is 113 Å². The number of aliphatic hydroxyl groups excluding tert-OH is 1. The van der Waals surface area contributed by atoms with E-state index < -0.39 is 0 Å². The minimum atomic E-state index is 0.274. The van der Waals surface area contributed by atoms with E-state index in [1.807, 2.05) is 19.2 Å². The van der Waals surface area contributed by atoms with Gasteiger partial charge in [0.2, 0.25) is 5.89 Å². The fourth-order valence-corrected chi connectivity index (χ4v) is 2.04. The molecule has 0 saturated heterocycles. The Balaban J connectivity index is 1.89. The molecule has 0 atom stereocenters. The first-order valence-electron chi connectivity index (χ1n) is 6.63. The van der Waals surface area contributed by atoms with Gasteiger partial charge in [-0.1, -0.05) is 0 Å². The molecule has 5 heteroatoms. The van der Waals surface area contributed by atoms with Gasteiger partial charge in [-0.05, 0) is 45.0 Å². The zero-order chi connectivity index (χ0) is 13.7. The third-order valence-electron chi connectivity index (χ3n) is 3.06. The van der Waals surface area contributed by atoms with Crippen molar-refractivity contribution in [1.29, 1.82) is 0 Å². The summed E-state index contributed by atoms with van der Waals surface area (Å²) in [6.45, 7) is 1.94. The summed E-state index contributed by atoms with van der Waals surface area (Å²) in [7, 11) is 2.04. The lowest BCUT2D eigenvalue weighted by atomic mass is 10.2. The van der Waals surface area contributed by atoms with E-state index in [1.165, 1.54) is 0 Å². The smallest absolute Gasteiger partial charge is 0.209 e. The maximum atomic E-state index is 8.72. The van der Waals surface area contributed by atoms with Crippen LogP contribution in [0.15, 0.2) is 22.6 Å². The van der Waals surface area contributed by atoms with Crippen molar-refractivity contribution in [1.82, 2.24) is 9.88 Å². The molecule has 2 aromatic rings. The van der Waals surface area contributed by atoms with Crippen molar-refractivity contribution >= 4 is 16.8 Å². The molecule has 2 rings (SSSR count). The van der Waals surface area contributed by atoms with Crippen LogP contribution in [0.3, 0.4) is 0 Å². The van der Waals surface area contributed by atoms with Gasteiger partial charge in [0, 0.05) is 18.4 Å². The van der Waals surface area contributed by atoms with Crippen molar-refractivity contribution in [2.75, 3.05) is 25.9 Å². The fourth-order valence-electron chi connectivity index (χ4n) is 2.04. The Kier molecular flexibility index (Phi) is 4.76. The zero-order valence-electron chi connectivity index (χ0n) is 11.3. The van der Waals surface area contributed by atoms with Gasteiger partial charge in [-0.2, -0.15) is 0 Å². The number of aliphatic hydroxyl groups is 1. The Bertz CT molecular complexity index is 524. The highest BCUT2D eigenvalue weighted by molar-refractivity contribution is 5.76. The van der Waals surface area contributed by atoms with E-state index in [-0.39, 0.29) is 6.61 Å². The van der Waals surface area contributed by atoms with Crippen LogP contribution in [-0.2, 0) is 6.54 Å². The normalized spacial score (nSPS) is 11.5. The minimum Gasteiger partial charge on any atom is -0.439 e. The number of benzene rings is 1. The van der Waals surface area contributed by atoms with Crippen molar-refractivity contribution < 1.29 is 9.52 Å². The van der Waals surface area contributed by atoms with Crippen molar-refractivity contribution in [2.24, 2.45) is 0 Å². The highest BCUT2D eigenvalue weighted by Crippen LogP contribution is 2.19. The van der Waals surface area contributed by atoms with Crippen molar-refractivity contribution in [3.8, 4) is 0 Å². The Morgan fingerprint density at radius 3 is 2.95 bits per heavy atom. The molecule has 1 aromatic carbocycles. The number of anilines is 1. The molecule has 0 unspecified atom stereocenters. The number of nitrogens with zero attached hydrogens (tertiary/aromatic N) is 2.